The first-order valence-corrected chi connectivity index (χ1v) is 16.5. The fraction of sp³-hybridized carbons (Fsp3) is 0.727. The van der Waals surface area contributed by atoms with Crippen molar-refractivity contribution < 1.29 is 19.1 Å². The number of fused-ring (bicyclic) bond motifs is 1. The lowest BCUT2D eigenvalue weighted by atomic mass is 10.1. The Morgan fingerprint density at radius 1 is 0.930 bits per heavy atom. The van der Waals surface area contributed by atoms with Gasteiger partial charge in [-0.3, -0.25) is 9.59 Å². The van der Waals surface area contributed by atoms with Crippen LogP contribution in [0, 0.1) is 11.8 Å². The van der Waals surface area contributed by atoms with E-state index in [2.05, 4.69) is 34.0 Å². The van der Waals surface area contributed by atoms with Gasteiger partial charge in [0, 0.05) is 18.9 Å². The van der Waals surface area contributed by atoms with Gasteiger partial charge in [-0.2, -0.15) is 4.98 Å². The Labute approximate surface area is 258 Å². The van der Waals surface area contributed by atoms with Crippen molar-refractivity contribution in [3.63, 3.8) is 0 Å². The highest BCUT2D eigenvalue weighted by Gasteiger charge is 2.21. The van der Waals surface area contributed by atoms with Gasteiger partial charge in [-0.15, -0.1) is 0 Å². The summed E-state index contributed by atoms with van der Waals surface area (Å²) in [7, 11) is 0. The van der Waals surface area contributed by atoms with Crippen LogP contribution in [0.2, 0.25) is 0 Å². The van der Waals surface area contributed by atoms with Gasteiger partial charge in [0.1, 0.15) is 11.6 Å². The predicted octanol–water partition coefficient (Wildman–Crippen LogP) is 6.52. The van der Waals surface area contributed by atoms with E-state index in [1.54, 1.807) is 12.5 Å². The molecule has 43 heavy (non-hydrogen) atoms. The Morgan fingerprint density at radius 2 is 1.58 bits per heavy atom. The standard InChI is InChI=1S/C33H56N6O4/c1-4-5-6-7-8-9-10-11-12-13-14-15-16-17-18-19-29(40)43-24-27(20-21-42-32(41)30(34)26(2)3)23-39-25-37-28-22-36-33(35)38-31(28)39/h14-15,22,25-27,30H,4-13,16-21,23-24,34H2,1-3H3,(H2,35,36,38)/b15-14+/t27-,30+/m1/s1. The summed E-state index contributed by atoms with van der Waals surface area (Å²) >= 11 is 0. The molecule has 0 spiro atoms. The van der Waals surface area contributed by atoms with Gasteiger partial charge in [0.2, 0.25) is 5.95 Å². The van der Waals surface area contributed by atoms with Crippen LogP contribution in [0.5, 0.6) is 0 Å². The van der Waals surface area contributed by atoms with Gasteiger partial charge in [0.05, 0.1) is 25.7 Å². The average molecular weight is 601 g/mol. The summed E-state index contributed by atoms with van der Waals surface area (Å²) in [4.78, 5) is 37.3. The molecule has 0 aromatic carbocycles. The Morgan fingerprint density at radius 3 is 2.26 bits per heavy atom. The molecule has 0 saturated heterocycles. The number of hydrogen-bond acceptors (Lipinski definition) is 9. The van der Waals surface area contributed by atoms with Gasteiger partial charge in [-0.05, 0) is 44.4 Å². The molecule has 0 saturated carbocycles. The van der Waals surface area contributed by atoms with Crippen LogP contribution in [0.3, 0.4) is 0 Å². The van der Waals surface area contributed by atoms with Crippen molar-refractivity contribution in [3.05, 3.63) is 24.7 Å². The molecule has 0 radical (unpaired) electrons. The zero-order valence-corrected chi connectivity index (χ0v) is 26.8. The molecule has 0 aliphatic rings. The highest BCUT2D eigenvalue weighted by atomic mass is 16.5. The number of anilines is 1. The number of ether oxygens (including phenoxy) is 2. The highest BCUT2D eigenvalue weighted by molar-refractivity contribution is 5.75. The summed E-state index contributed by atoms with van der Waals surface area (Å²) in [6.45, 7) is 6.86. The van der Waals surface area contributed by atoms with Gasteiger partial charge in [-0.25, -0.2) is 9.97 Å². The Kier molecular flexibility index (Phi) is 18.2. The second-order valence-corrected chi connectivity index (χ2v) is 11.9. The maximum absolute atomic E-state index is 12.5. The summed E-state index contributed by atoms with van der Waals surface area (Å²) in [6.07, 6.45) is 24.7. The number of hydrogen-bond donors (Lipinski definition) is 2. The van der Waals surface area contributed by atoms with E-state index in [0.29, 0.717) is 30.6 Å². The van der Waals surface area contributed by atoms with E-state index >= 15 is 0 Å². The van der Waals surface area contributed by atoms with E-state index in [0.717, 1.165) is 25.7 Å². The zero-order valence-electron chi connectivity index (χ0n) is 26.8. The fourth-order valence-corrected chi connectivity index (χ4v) is 4.83. The normalized spacial score (nSPS) is 13.1. The summed E-state index contributed by atoms with van der Waals surface area (Å²) in [5.41, 5.74) is 12.9. The third-order valence-electron chi connectivity index (χ3n) is 7.72. The highest BCUT2D eigenvalue weighted by Crippen LogP contribution is 2.16. The molecule has 0 amide bonds. The van der Waals surface area contributed by atoms with Crippen LogP contribution in [-0.4, -0.2) is 50.7 Å². The van der Waals surface area contributed by atoms with E-state index in [4.69, 9.17) is 20.9 Å². The van der Waals surface area contributed by atoms with E-state index < -0.39 is 12.0 Å². The van der Waals surface area contributed by atoms with Crippen molar-refractivity contribution >= 4 is 29.1 Å². The number of nitrogen functional groups attached to an aromatic ring is 1. The number of aromatic nitrogens is 4. The minimum absolute atomic E-state index is 0.0121. The van der Waals surface area contributed by atoms with Crippen molar-refractivity contribution in [2.45, 2.75) is 130 Å². The summed E-state index contributed by atoms with van der Waals surface area (Å²) in [5, 5.41) is 0. The number of unbranched alkanes of at least 4 members (excludes halogenated alkanes) is 11. The van der Waals surface area contributed by atoms with E-state index in [1.165, 1.54) is 57.8 Å². The van der Waals surface area contributed by atoms with Crippen molar-refractivity contribution in [2.75, 3.05) is 18.9 Å². The molecule has 0 unspecified atom stereocenters. The number of imidazole rings is 1. The second-order valence-electron chi connectivity index (χ2n) is 11.9. The third kappa shape index (κ3) is 15.3. The van der Waals surface area contributed by atoms with Gasteiger partial charge in [0.15, 0.2) is 5.65 Å². The van der Waals surface area contributed by atoms with E-state index in [1.807, 2.05) is 18.4 Å². The summed E-state index contributed by atoms with van der Waals surface area (Å²) < 4.78 is 12.9. The maximum atomic E-state index is 12.5. The molecule has 0 fully saturated rings. The lowest BCUT2D eigenvalue weighted by Gasteiger charge is -2.19. The first-order valence-electron chi connectivity index (χ1n) is 16.5. The number of carbonyl (C=O) groups is 2. The zero-order chi connectivity index (χ0) is 31.3. The van der Waals surface area contributed by atoms with Crippen LogP contribution < -0.4 is 11.5 Å². The summed E-state index contributed by atoms with van der Waals surface area (Å²) in [6, 6.07) is -0.668. The topological polar surface area (TPSA) is 148 Å². The largest absolute Gasteiger partial charge is 0.465 e. The van der Waals surface area contributed by atoms with Crippen LogP contribution in [0.1, 0.15) is 117 Å². The molecule has 10 heteroatoms. The molecule has 10 nitrogen and oxygen atoms in total. The van der Waals surface area contributed by atoms with Crippen molar-refractivity contribution in [1.82, 2.24) is 19.5 Å². The number of nitrogens with two attached hydrogens (primary N) is 2. The SMILES string of the molecule is CCCCCCCCCCC/C=C/CCCCC(=O)OC[C@H](CCOC(=O)[C@@H](N)C(C)C)Cn1cnc2cnc(N)nc21. The molecular weight excluding hydrogens is 544 g/mol. The van der Waals surface area contributed by atoms with Gasteiger partial charge in [-0.1, -0.05) is 84.3 Å². The molecule has 2 atom stereocenters. The molecule has 2 rings (SSSR count). The Balaban J connectivity index is 1.68. The minimum Gasteiger partial charge on any atom is -0.465 e. The predicted molar refractivity (Wildman–Crippen MR) is 172 cm³/mol. The Hall–Kier alpha value is -3.01. The first-order chi connectivity index (χ1) is 20.8. The molecule has 2 aromatic heterocycles. The van der Waals surface area contributed by atoms with Crippen LogP contribution in [0.4, 0.5) is 5.95 Å². The number of rotatable bonds is 24. The van der Waals surface area contributed by atoms with E-state index in [-0.39, 0.29) is 37.0 Å². The van der Waals surface area contributed by atoms with Gasteiger partial charge in [0.25, 0.3) is 0 Å². The van der Waals surface area contributed by atoms with Crippen LogP contribution in [0.15, 0.2) is 24.7 Å². The van der Waals surface area contributed by atoms with E-state index in [9.17, 15) is 9.59 Å². The number of allylic oxidation sites excluding steroid dienone is 2. The molecule has 242 valence electrons. The summed E-state index contributed by atoms with van der Waals surface area (Å²) in [5.74, 6) is -0.621. The van der Waals surface area contributed by atoms with Crippen LogP contribution in [-0.2, 0) is 25.6 Å². The minimum atomic E-state index is -0.668. The van der Waals surface area contributed by atoms with Gasteiger partial charge < -0.3 is 25.5 Å². The first kappa shape index (κ1) is 36.2. The smallest absolute Gasteiger partial charge is 0.323 e. The number of esters is 2. The van der Waals surface area contributed by atoms with Crippen molar-refractivity contribution in [2.24, 2.45) is 17.6 Å². The van der Waals surface area contributed by atoms with Gasteiger partial charge >= 0.3 is 11.9 Å². The molecule has 0 aliphatic heterocycles. The number of carbonyl (C=O) groups excluding carboxylic acids is 2. The molecular formula is C33H56N6O4. The Bertz CT molecular complexity index is 1090. The third-order valence-corrected chi connectivity index (χ3v) is 7.72. The molecule has 0 bridgehead atoms. The lowest BCUT2D eigenvalue weighted by Crippen LogP contribution is -2.37. The second kappa shape index (κ2) is 21.6. The fourth-order valence-electron chi connectivity index (χ4n) is 4.83. The lowest BCUT2D eigenvalue weighted by molar-refractivity contribution is -0.149. The molecule has 2 heterocycles. The molecule has 2 aromatic rings. The number of nitrogens with zero attached hydrogens (tertiary/aromatic N) is 4. The quantitative estimate of drug-likeness (QED) is 0.0780. The van der Waals surface area contributed by atoms with Crippen molar-refractivity contribution in [3.8, 4) is 0 Å². The average Bonchev–Trinajstić information content (AvgIpc) is 3.38. The molecule has 4 N–H and O–H groups in total. The monoisotopic (exact) mass is 600 g/mol. The van der Waals surface area contributed by atoms with Crippen molar-refractivity contribution in [1.29, 1.82) is 0 Å². The van der Waals surface area contributed by atoms with Crippen LogP contribution in [0.25, 0.3) is 11.2 Å². The maximum Gasteiger partial charge on any atom is 0.323 e. The molecule has 0 aliphatic carbocycles. The van der Waals surface area contributed by atoms with Crippen LogP contribution >= 0.6 is 0 Å².